The molecule has 1 fully saturated rings. The Balaban J connectivity index is 1.79. The predicted octanol–water partition coefficient (Wildman–Crippen LogP) is 2.72. The van der Waals surface area contributed by atoms with E-state index in [0.717, 1.165) is 30.6 Å². The van der Waals surface area contributed by atoms with Crippen molar-refractivity contribution < 1.29 is 18.7 Å². The largest absolute Gasteiger partial charge is 0.385 e. The van der Waals surface area contributed by atoms with Crippen LogP contribution in [0.3, 0.4) is 0 Å². The molecule has 5 nitrogen and oxygen atoms in total. The maximum atomic E-state index is 13.0. The van der Waals surface area contributed by atoms with Gasteiger partial charge in [0.15, 0.2) is 5.13 Å². The first-order chi connectivity index (χ1) is 11.3. The van der Waals surface area contributed by atoms with E-state index < -0.39 is 0 Å². The van der Waals surface area contributed by atoms with Gasteiger partial charge in [0.05, 0.1) is 10.4 Å². The molecule has 2 N–H and O–H groups in total. The van der Waals surface area contributed by atoms with E-state index in [1.807, 2.05) is 13.8 Å². The fourth-order valence-corrected chi connectivity index (χ4v) is 3.16. The quantitative estimate of drug-likeness (QED) is 0.715. The minimum atomic E-state index is -0.382. The topological polar surface area (TPSA) is 67.4 Å². The van der Waals surface area contributed by atoms with Crippen molar-refractivity contribution >= 4 is 23.2 Å². The first kappa shape index (κ1) is 18.9. The molecule has 134 valence electrons. The van der Waals surface area contributed by atoms with E-state index in [2.05, 4.69) is 10.6 Å². The Morgan fingerprint density at radius 2 is 2.08 bits per heavy atom. The van der Waals surface area contributed by atoms with Crippen molar-refractivity contribution in [2.45, 2.75) is 45.1 Å². The molecule has 0 aliphatic heterocycles. The number of methoxy groups -OCH3 is 1. The molecule has 1 saturated carbocycles. The number of hydrogen-bond donors (Lipinski definition) is 2. The van der Waals surface area contributed by atoms with Crippen LogP contribution < -0.4 is 10.6 Å². The third kappa shape index (κ3) is 5.56. The van der Waals surface area contributed by atoms with Gasteiger partial charge in [0, 0.05) is 26.7 Å². The zero-order valence-electron chi connectivity index (χ0n) is 14.4. The average molecular weight is 356 g/mol. The van der Waals surface area contributed by atoms with Crippen molar-refractivity contribution in [2.24, 2.45) is 5.41 Å². The van der Waals surface area contributed by atoms with E-state index in [-0.39, 0.29) is 27.9 Å². The van der Waals surface area contributed by atoms with Gasteiger partial charge in [-0.3, -0.25) is 9.59 Å². The van der Waals surface area contributed by atoms with Crippen LogP contribution in [-0.2, 0) is 9.53 Å². The Morgan fingerprint density at radius 3 is 2.62 bits per heavy atom. The predicted molar refractivity (Wildman–Crippen MR) is 91.6 cm³/mol. The van der Waals surface area contributed by atoms with Crippen LogP contribution in [0.2, 0.25) is 0 Å². The zero-order chi connectivity index (χ0) is 17.8. The molecule has 2 amide bonds. The van der Waals surface area contributed by atoms with Gasteiger partial charge in [-0.05, 0) is 36.8 Å². The molecule has 7 heteroatoms. The van der Waals surface area contributed by atoms with E-state index in [4.69, 9.17) is 4.74 Å². The Labute approximate surface area is 146 Å². The highest BCUT2D eigenvalue weighted by molar-refractivity contribution is 7.12. The minimum Gasteiger partial charge on any atom is -0.385 e. The van der Waals surface area contributed by atoms with E-state index in [1.54, 1.807) is 7.11 Å². The van der Waals surface area contributed by atoms with Gasteiger partial charge < -0.3 is 15.4 Å². The Bertz CT molecular complexity index is 596. The van der Waals surface area contributed by atoms with Gasteiger partial charge in [-0.15, -0.1) is 11.3 Å². The standard InChI is InChI=1S/C17H25FN2O3S/c1-16(2,8-9-23-3)10-14(21)20-17(6-7-17)11-19-15(22)12-4-5-13(18)24-12/h4-5H,6-11H2,1-3H3,(H,19,22)(H,20,21). The maximum Gasteiger partial charge on any atom is 0.261 e. The fraction of sp³-hybridized carbons (Fsp3) is 0.647. The molecule has 0 atom stereocenters. The van der Waals surface area contributed by atoms with Gasteiger partial charge in [0.1, 0.15) is 0 Å². The normalized spacial score (nSPS) is 15.8. The summed E-state index contributed by atoms with van der Waals surface area (Å²) in [5, 5.41) is 5.45. The second kappa shape index (κ2) is 7.61. The molecule has 1 aromatic rings. The van der Waals surface area contributed by atoms with Gasteiger partial charge in [-0.1, -0.05) is 13.8 Å². The second-order valence-corrected chi connectivity index (χ2v) is 8.23. The number of hydrogen-bond acceptors (Lipinski definition) is 4. The Kier molecular flexibility index (Phi) is 5.98. The fourth-order valence-electron chi connectivity index (χ4n) is 2.51. The van der Waals surface area contributed by atoms with Crippen molar-refractivity contribution in [1.29, 1.82) is 0 Å². The van der Waals surface area contributed by atoms with E-state index in [1.165, 1.54) is 12.1 Å². The van der Waals surface area contributed by atoms with Crippen molar-refractivity contribution in [3.8, 4) is 0 Å². The summed E-state index contributed by atoms with van der Waals surface area (Å²) in [7, 11) is 1.65. The molecular weight excluding hydrogens is 331 g/mol. The van der Waals surface area contributed by atoms with Gasteiger partial charge >= 0.3 is 0 Å². The molecule has 0 bridgehead atoms. The summed E-state index contributed by atoms with van der Waals surface area (Å²) >= 11 is 0.818. The van der Waals surface area contributed by atoms with Crippen LogP contribution in [0.1, 0.15) is 49.2 Å². The summed E-state index contributed by atoms with van der Waals surface area (Å²) in [6.07, 6.45) is 2.92. The highest BCUT2D eigenvalue weighted by atomic mass is 32.1. The lowest BCUT2D eigenvalue weighted by atomic mass is 9.85. The number of thiophene rings is 1. The minimum absolute atomic E-state index is 0.00924. The van der Waals surface area contributed by atoms with E-state index >= 15 is 0 Å². The van der Waals surface area contributed by atoms with Crippen LogP contribution >= 0.6 is 11.3 Å². The lowest BCUT2D eigenvalue weighted by Crippen LogP contribution is -2.46. The van der Waals surface area contributed by atoms with Crippen LogP contribution in [0.4, 0.5) is 4.39 Å². The molecule has 0 radical (unpaired) electrons. The van der Waals surface area contributed by atoms with Crippen LogP contribution in [0.5, 0.6) is 0 Å². The third-order valence-corrected chi connectivity index (χ3v) is 5.14. The summed E-state index contributed by atoms with van der Waals surface area (Å²) < 4.78 is 18.0. The number of carbonyl (C=O) groups is 2. The van der Waals surface area contributed by atoms with E-state index in [0.29, 0.717) is 24.4 Å². The number of carbonyl (C=O) groups excluding carboxylic acids is 2. The maximum absolute atomic E-state index is 13.0. The smallest absolute Gasteiger partial charge is 0.261 e. The van der Waals surface area contributed by atoms with E-state index in [9.17, 15) is 14.0 Å². The molecule has 0 saturated heterocycles. The lowest BCUT2D eigenvalue weighted by Gasteiger charge is -2.25. The monoisotopic (exact) mass is 356 g/mol. The summed E-state index contributed by atoms with van der Waals surface area (Å²) in [5.41, 5.74) is -0.478. The molecule has 24 heavy (non-hydrogen) atoms. The van der Waals surface area contributed by atoms with Crippen LogP contribution in [0.15, 0.2) is 12.1 Å². The molecule has 1 aliphatic rings. The molecule has 0 spiro atoms. The van der Waals surface area contributed by atoms with Crippen molar-refractivity contribution in [1.82, 2.24) is 10.6 Å². The Hall–Kier alpha value is -1.47. The highest BCUT2D eigenvalue weighted by Crippen LogP contribution is 2.35. The van der Waals surface area contributed by atoms with Crippen LogP contribution in [0, 0.1) is 10.5 Å². The first-order valence-electron chi connectivity index (χ1n) is 8.09. The Morgan fingerprint density at radius 1 is 1.38 bits per heavy atom. The van der Waals surface area contributed by atoms with Crippen molar-refractivity contribution in [3.05, 3.63) is 22.1 Å². The molecule has 2 rings (SSSR count). The molecule has 1 aromatic heterocycles. The van der Waals surface area contributed by atoms with Crippen LogP contribution in [0.25, 0.3) is 0 Å². The first-order valence-corrected chi connectivity index (χ1v) is 8.90. The molecule has 0 aromatic carbocycles. The lowest BCUT2D eigenvalue weighted by molar-refractivity contribution is -0.124. The molecule has 0 unspecified atom stereocenters. The van der Waals surface area contributed by atoms with Gasteiger partial charge in [0.25, 0.3) is 5.91 Å². The molecule has 1 aliphatic carbocycles. The number of ether oxygens (including phenoxy) is 1. The summed E-state index contributed by atoms with van der Waals surface area (Å²) in [5.74, 6) is -0.310. The summed E-state index contributed by atoms with van der Waals surface area (Å²) in [6.45, 7) is 5.07. The van der Waals surface area contributed by atoms with Crippen molar-refractivity contribution in [2.75, 3.05) is 20.3 Å². The SMILES string of the molecule is COCCC(C)(C)CC(=O)NC1(CNC(=O)c2ccc(F)s2)CC1. The molecule has 1 heterocycles. The highest BCUT2D eigenvalue weighted by Gasteiger charge is 2.44. The van der Waals surface area contributed by atoms with Crippen LogP contribution in [-0.4, -0.2) is 37.6 Å². The summed E-state index contributed by atoms with van der Waals surface area (Å²) in [6, 6.07) is 2.74. The average Bonchev–Trinajstić information content (AvgIpc) is 3.12. The second-order valence-electron chi connectivity index (χ2n) is 7.20. The molecular formula is C17H25FN2O3S. The van der Waals surface area contributed by atoms with Gasteiger partial charge in [0.2, 0.25) is 5.91 Å². The number of amides is 2. The third-order valence-electron chi connectivity index (χ3n) is 4.26. The summed E-state index contributed by atoms with van der Waals surface area (Å²) in [4.78, 5) is 24.6. The number of halogens is 1. The number of rotatable bonds is 9. The van der Waals surface area contributed by atoms with Crippen molar-refractivity contribution in [3.63, 3.8) is 0 Å². The number of nitrogens with one attached hydrogen (secondary N) is 2. The van der Waals surface area contributed by atoms with Gasteiger partial charge in [-0.2, -0.15) is 4.39 Å². The zero-order valence-corrected chi connectivity index (χ0v) is 15.2. The van der Waals surface area contributed by atoms with Gasteiger partial charge in [-0.25, -0.2) is 0 Å².